The predicted molar refractivity (Wildman–Crippen MR) is 111 cm³/mol. The first-order valence-corrected chi connectivity index (χ1v) is 10.1. The number of rotatable bonds is 8. The Balaban J connectivity index is 1.78. The molecular formula is C19H20Cl2N4S. The first-order valence-electron chi connectivity index (χ1n) is 8.43. The van der Waals surface area contributed by atoms with Crippen molar-refractivity contribution in [2.45, 2.75) is 12.8 Å². The van der Waals surface area contributed by atoms with Crippen LogP contribution in [0.25, 0.3) is 10.6 Å². The standard InChI is InChI=1S/C19H20Cl2N4S/c20-15-5-4-14(16(21)13-15)7-11-25(10-2-8-22)19-23-9-6-17(24-19)18-3-1-12-26-18/h1,3-6,9,12-13H,2,7-8,10-11,22H2. The molecule has 0 aliphatic rings. The maximum absolute atomic E-state index is 6.30. The fourth-order valence-electron chi connectivity index (χ4n) is 2.64. The van der Waals surface area contributed by atoms with Gasteiger partial charge in [0.2, 0.25) is 5.95 Å². The SMILES string of the molecule is NCCCN(CCc1ccc(Cl)cc1Cl)c1nccc(-c2cccs2)n1. The van der Waals surface area contributed by atoms with E-state index in [0.29, 0.717) is 16.6 Å². The highest BCUT2D eigenvalue weighted by atomic mass is 35.5. The molecule has 2 heterocycles. The van der Waals surface area contributed by atoms with E-state index in [0.717, 1.165) is 48.0 Å². The number of anilines is 1. The van der Waals surface area contributed by atoms with Crippen molar-refractivity contribution >= 4 is 40.5 Å². The van der Waals surface area contributed by atoms with Crippen LogP contribution in [-0.2, 0) is 6.42 Å². The van der Waals surface area contributed by atoms with Crippen molar-refractivity contribution in [2.24, 2.45) is 5.73 Å². The molecule has 136 valence electrons. The molecule has 0 fully saturated rings. The zero-order valence-electron chi connectivity index (χ0n) is 14.2. The van der Waals surface area contributed by atoms with Gasteiger partial charge in [0.05, 0.1) is 10.6 Å². The van der Waals surface area contributed by atoms with Crippen molar-refractivity contribution in [1.82, 2.24) is 9.97 Å². The minimum Gasteiger partial charge on any atom is -0.340 e. The fraction of sp³-hybridized carbons (Fsp3) is 0.263. The Morgan fingerprint density at radius 2 is 2.00 bits per heavy atom. The molecule has 0 bridgehead atoms. The van der Waals surface area contributed by atoms with E-state index in [4.69, 9.17) is 33.9 Å². The maximum atomic E-state index is 6.30. The van der Waals surface area contributed by atoms with Gasteiger partial charge in [0, 0.05) is 29.3 Å². The van der Waals surface area contributed by atoms with E-state index in [9.17, 15) is 0 Å². The van der Waals surface area contributed by atoms with Crippen LogP contribution in [0.4, 0.5) is 5.95 Å². The Hall–Kier alpha value is -1.66. The quantitative estimate of drug-likeness (QED) is 0.577. The minimum atomic E-state index is 0.628. The summed E-state index contributed by atoms with van der Waals surface area (Å²) in [6.45, 7) is 2.19. The Kier molecular flexibility index (Phi) is 6.86. The molecule has 2 N–H and O–H groups in total. The predicted octanol–water partition coefficient (Wildman–Crippen LogP) is 4.91. The molecule has 3 rings (SSSR count). The van der Waals surface area contributed by atoms with E-state index in [-0.39, 0.29) is 0 Å². The molecule has 1 aromatic carbocycles. The third-order valence-corrected chi connectivity index (χ3v) is 5.48. The lowest BCUT2D eigenvalue weighted by atomic mass is 10.1. The van der Waals surface area contributed by atoms with Gasteiger partial charge in [-0.1, -0.05) is 35.3 Å². The summed E-state index contributed by atoms with van der Waals surface area (Å²) in [4.78, 5) is 12.5. The Bertz CT molecular complexity index is 839. The van der Waals surface area contributed by atoms with E-state index >= 15 is 0 Å². The first-order chi connectivity index (χ1) is 12.7. The highest BCUT2D eigenvalue weighted by Crippen LogP contribution is 2.25. The van der Waals surface area contributed by atoms with Crippen LogP contribution in [0.1, 0.15) is 12.0 Å². The van der Waals surface area contributed by atoms with E-state index < -0.39 is 0 Å². The molecule has 0 saturated heterocycles. The van der Waals surface area contributed by atoms with Crippen molar-refractivity contribution in [3.8, 4) is 10.6 Å². The molecule has 3 aromatic rings. The Morgan fingerprint density at radius 3 is 2.73 bits per heavy atom. The summed E-state index contributed by atoms with van der Waals surface area (Å²) in [7, 11) is 0. The van der Waals surface area contributed by atoms with E-state index in [2.05, 4.69) is 16.0 Å². The molecule has 0 radical (unpaired) electrons. The summed E-state index contributed by atoms with van der Waals surface area (Å²) in [5.41, 5.74) is 7.70. The van der Waals surface area contributed by atoms with Gasteiger partial charge >= 0.3 is 0 Å². The second-order valence-electron chi connectivity index (χ2n) is 5.83. The van der Waals surface area contributed by atoms with Crippen LogP contribution in [0.15, 0.2) is 48.0 Å². The van der Waals surface area contributed by atoms with Gasteiger partial charge < -0.3 is 10.6 Å². The zero-order valence-corrected chi connectivity index (χ0v) is 16.6. The van der Waals surface area contributed by atoms with Crippen LogP contribution in [0.2, 0.25) is 10.0 Å². The third kappa shape index (κ3) is 4.95. The molecule has 0 amide bonds. The topological polar surface area (TPSA) is 55.0 Å². The molecule has 0 spiro atoms. The summed E-state index contributed by atoms with van der Waals surface area (Å²) in [6, 6.07) is 11.6. The number of nitrogens with two attached hydrogens (primary N) is 1. The first kappa shape index (κ1) is 19.1. The molecule has 7 heteroatoms. The molecule has 26 heavy (non-hydrogen) atoms. The van der Waals surface area contributed by atoms with E-state index in [1.807, 2.05) is 35.8 Å². The largest absolute Gasteiger partial charge is 0.340 e. The van der Waals surface area contributed by atoms with E-state index in [1.54, 1.807) is 17.4 Å². The molecule has 0 unspecified atom stereocenters. The highest BCUT2D eigenvalue weighted by molar-refractivity contribution is 7.13. The van der Waals surface area contributed by atoms with Crippen molar-refractivity contribution in [2.75, 3.05) is 24.5 Å². The number of halogens is 2. The van der Waals surface area contributed by atoms with E-state index in [1.165, 1.54) is 0 Å². The number of thiophene rings is 1. The number of nitrogens with zero attached hydrogens (tertiary/aromatic N) is 3. The van der Waals surface area contributed by atoms with Crippen LogP contribution < -0.4 is 10.6 Å². The van der Waals surface area contributed by atoms with Crippen molar-refractivity contribution < 1.29 is 0 Å². The smallest absolute Gasteiger partial charge is 0.225 e. The lowest BCUT2D eigenvalue weighted by Gasteiger charge is -2.23. The molecule has 0 saturated carbocycles. The highest BCUT2D eigenvalue weighted by Gasteiger charge is 2.12. The van der Waals surface area contributed by atoms with Crippen molar-refractivity contribution in [1.29, 1.82) is 0 Å². The average Bonchev–Trinajstić information content (AvgIpc) is 3.18. The summed E-state index contributed by atoms with van der Waals surface area (Å²) < 4.78 is 0. The number of aromatic nitrogens is 2. The average molecular weight is 407 g/mol. The van der Waals surface area contributed by atoms with Gasteiger partial charge in [-0.05, 0) is 54.6 Å². The van der Waals surface area contributed by atoms with Gasteiger partial charge in [-0.25, -0.2) is 9.97 Å². The van der Waals surface area contributed by atoms with Gasteiger partial charge in [-0.15, -0.1) is 11.3 Å². The lowest BCUT2D eigenvalue weighted by molar-refractivity contribution is 0.709. The second-order valence-corrected chi connectivity index (χ2v) is 7.63. The van der Waals surface area contributed by atoms with Crippen molar-refractivity contribution in [3.05, 3.63) is 63.6 Å². The molecule has 2 aromatic heterocycles. The van der Waals surface area contributed by atoms with Gasteiger partial charge in [0.25, 0.3) is 0 Å². The molecule has 0 atom stereocenters. The van der Waals surface area contributed by atoms with Gasteiger partial charge in [0.15, 0.2) is 0 Å². The summed E-state index contributed by atoms with van der Waals surface area (Å²) >= 11 is 14.0. The summed E-state index contributed by atoms with van der Waals surface area (Å²) in [5.74, 6) is 0.717. The molecule has 0 aliphatic carbocycles. The lowest BCUT2D eigenvalue weighted by Crippen LogP contribution is -2.30. The van der Waals surface area contributed by atoms with Gasteiger partial charge in [-0.3, -0.25) is 0 Å². The minimum absolute atomic E-state index is 0.628. The van der Waals surface area contributed by atoms with Crippen LogP contribution in [-0.4, -0.2) is 29.6 Å². The van der Waals surface area contributed by atoms with Gasteiger partial charge in [-0.2, -0.15) is 0 Å². The zero-order chi connectivity index (χ0) is 18.4. The number of hydrogen-bond acceptors (Lipinski definition) is 5. The molecule has 0 aliphatic heterocycles. The van der Waals surface area contributed by atoms with Crippen molar-refractivity contribution in [3.63, 3.8) is 0 Å². The number of hydrogen-bond donors (Lipinski definition) is 1. The molecule has 4 nitrogen and oxygen atoms in total. The molecular weight excluding hydrogens is 387 g/mol. The number of benzene rings is 1. The van der Waals surface area contributed by atoms with Crippen LogP contribution in [0, 0.1) is 0 Å². The van der Waals surface area contributed by atoms with Gasteiger partial charge in [0.1, 0.15) is 0 Å². The monoisotopic (exact) mass is 406 g/mol. The summed E-state index contributed by atoms with van der Waals surface area (Å²) in [6.07, 6.45) is 3.47. The normalized spacial score (nSPS) is 10.9. The fourth-order valence-corrected chi connectivity index (χ4v) is 3.83. The maximum Gasteiger partial charge on any atom is 0.225 e. The van der Waals surface area contributed by atoms with Crippen LogP contribution >= 0.6 is 34.5 Å². The Labute approximate surface area is 167 Å². The second kappa shape index (κ2) is 9.33. The van der Waals surface area contributed by atoms with Crippen LogP contribution in [0.5, 0.6) is 0 Å². The Morgan fingerprint density at radius 1 is 1.12 bits per heavy atom. The third-order valence-electron chi connectivity index (χ3n) is 4.00. The summed E-state index contributed by atoms with van der Waals surface area (Å²) in [5, 5.41) is 3.38. The van der Waals surface area contributed by atoms with Crippen LogP contribution in [0.3, 0.4) is 0 Å².